The largest absolute Gasteiger partial charge is 0.476 e. The molecule has 6 heteroatoms. The lowest BCUT2D eigenvalue weighted by molar-refractivity contribution is 0.0685. The zero-order valence-corrected chi connectivity index (χ0v) is 11.8. The van der Waals surface area contributed by atoms with Crippen molar-refractivity contribution in [3.8, 4) is 0 Å². The Balaban J connectivity index is 2.34. The molecule has 5 nitrogen and oxygen atoms in total. The van der Waals surface area contributed by atoms with Gasteiger partial charge in [-0.15, -0.1) is 11.3 Å². The number of aliphatic hydroxyl groups excluding tert-OH is 1. The van der Waals surface area contributed by atoms with E-state index in [0.717, 1.165) is 4.88 Å². The first-order chi connectivity index (χ1) is 8.80. The third-order valence-corrected chi connectivity index (χ3v) is 4.34. The Hall–Kier alpha value is -1.66. The van der Waals surface area contributed by atoms with E-state index in [9.17, 15) is 9.90 Å². The molecule has 102 valence electrons. The fourth-order valence-corrected chi connectivity index (χ4v) is 2.79. The van der Waals surface area contributed by atoms with Crippen LogP contribution < -0.4 is 0 Å². The van der Waals surface area contributed by atoms with Crippen molar-refractivity contribution < 1.29 is 15.0 Å². The number of thiophene rings is 1. The number of nitrogens with one attached hydrogen (secondary N) is 1. The maximum Gasteiger partial charge on any atom is 0.356 e. The summed E-state index contributed by atoms with van der Waals surface area (Å²) in [4.78, 5) is 19.2. The lowest BCUT2D eigenvalue weighted by atomic mass is 9.95. The number of aromatic nitrogens is 2. The standard InChI is InChI=1S/C13H16N2O3S/c1-13(2,3)8-5-4-7(19-8)11(16)9-10(12(17)18)15-6-14-9/h4-6,11,16H,1-3H3,(H,14,15)(H,17,18). The number of nitrogens with zero attached hydrogens (tertiary/aromatic N) is 1. The molecule has 19 heavy (non-hydrogen) atoms. The zero-order chi connectivity index (χ0) is 14.2. The fraction of sp³-hybridized carbons (Fsp3) is 0.385. The van der Waals surface area contributed by atoms with Gasteiger partial charge in [0.1, 0.15) is 6.10 Å². The third-order valence-electron chi connectivity index (χ3n) is 2.78. The van der Waals surface area contributed by atoms with Gasteiger partial charge in [0.05, 0.1) is 12.0 Å². The third kappa shape index (κ3) is 2.69. The van der Waals surface area contributed by atoms with Crippen molar-refractivity contribution in [1.82, 2.24) is 9.97 Å². The number of hydrogen-bond donors (Lipinski definition) is 3. The Labute approximate surface area is 114 Å². The molecule has 1 atom stereocenters. The summed E-state index contributed by atoms with van der Waals surface area (Å²) in [5.74, 6) is -1.15. The lowest BCUT2D eigenvalue weighted by Crippen LogP contribution is -2.08. The first-order valence-corrected chi connectivity index (χ1v) is 6.67. The number of carbonyl (C=O) groups is 1. The van der Waals surface area contributed by atoms with E-state index in [1.54, 1.807) is 0 Å². The molecule has 1 unspecified atom stereocenters. The second-order valence-corrected chi connectivity index (χ2v) is 6.44. The van der Waals surface area contributed by atoms with Crippen LogP contribution in [0.25, 0.3) is 0 Å². The number of aromatic amines is 1. The van der Waals surface area contributed by atoms with E-state index in [4.69, 9.17) is 5.11 Å². The molecule has 0 aromatic carbocycles. The molecule has 0 fully saturated rings. The predicted octanol–water partition coefficient (Wildman–Crippen LogP) is 2.55. The quantitative estimate of drug-likeness (QED) is 0.806. The fourth-order valence-electron chi connectivity index (χ4n) is 1.73. The minimum atomic E-state index is -1.15. The van der Waals surface area contributed by atoms with Gasteiger partial charge in [0.25, 0.3) is 0 Å². The normalized spacial score (nSPS) is 13.5. The summed E-state index contributed by atoms with van der Waals surface area (Å²) in [7, 11) is 0. The Kier molecular flexibility index (Phi) is 3.47. The van der Waals surface area contributed by atoms with Crippen molar-refractivity contribution in [1.29, 1.82) is 0 Å². The molecule has 2 rings (SSSR count). The van der Waals surface area contributed by atoms with Gasteiger partial charge in [0, 0.05) is 9.75 Å². The SMILES string of the molecule is CC(C)(C)c1ccc(C(O)c2[nH]cnc2C(=O)O)s1. The zero-order valence-electron chi connectivity index (χ0n) is 11.0. The van der Waals surface area contributed by atoms with Crippen LogP contribution in [0.15, 0.2) is 18.5 Å². The second kappa shape index (κ2) is 4.79. The molecule has 0 aliphatic carbocycles. The number of H-pyrrole nitrogens is 1. The number of rotatable bonds is 3. The van der Waals surface area contributed by atoms with Crippen molar-refractivity contribution in [2.45, 2.75) is 32.3 Å². The molecule has 2 heterocycles. The summed E-state index contributed by atoms with van der Waals surface area (Å²) in [5.41, 5.74) is 0.0831. The van der Waals surface area contributed by atoms with Gasteiger partial charge in [0.2, 0.25) is 0 Å². The highest BCUT2D eigenvalue weighted by Gasteiger charge is 2.24. The first kappa shape index (κ1) is 13.8. The van der Waals surface area contributed by atoms with Crippen molar-refractivity contribution >= 4 is 17.3 Å². The topological polar surface area (TPSA) is 86.2 Å². The predicted molar refractivity (Wildman–Crippen MR) is 72.6 cm³/mol. The van der Waals surface area contributed by atoms with Crippen LogP contribution in [0.1, 0.15) is 52.8 Å². The minimum absolute atomic E-state index is 0.00620. The van der Waals surface area contributed by atoms with Crippen LogP contribution in [-0.4, -0.2) is 26.2 Å². The molecule has 0 spiro atoms. The van der Waals surface area contributed by atoms with E-state index in [0.29, 0.717) is 4.88 Å². The van der Waals surface area contributed by atoms with Crippen LogP contribution in [-0.2, 0) is 5.41 Å². The average Bonchev–Trinajstić information content (AvgIpc) is 2.96. The highest BCUT2D eigenvalue weighted by atomic mass is 32.1. The maximum atomic E-state index is 11.0. The van der Waals surface area contributed by atoms with Crippen LogP contribution >= 0.6 is 11.3 Å². The van der Waals surface area contributed by atoms with E-state index >= 15 is 0 Å². The second-order valence-electron chi connectivity index (χ2n) is 5.32. The molecule has 2 aromatic heterocycles. The van der Waals surface area contributed by atoms with Gasteiger partial charge in [-0.3, -0.25) is 0 Å². The molecule has 3 N–H and O–H groups in total. The van der Waals surface area contributed by atoms with Crippen molar-refractivity contribution in [3.05, 3.63) is 39.6 Å². The molecule has 0 radical (unpaired) electrons. The maximum absolute atomic E-state index is 11.0. The van der Waals surface area contributed by atoms with E-state index in [2.05, 4.69) is 30.7 Å². The lowest BCUT2D eigenvalue weighted by Gasteiger charge is -2.15. The van der Waals surface area contributed by atoms with Gasteiger partial charge in [0.15, 0.2) is 5.69 Å². The van der Waals surface area contributed by atoms with E-state index in [1.807, 2.05) is 12.1 Å². The first-order valence-electron chi connectivity index (χ1n) is 5.85. The van der Waals surface area contributed by atoms with Crippen molar-refractivity contribution in [2.75, 3.05) is 0 Å². The Morgan fingerprint density at radius 3 is 2.63 bits per heavy atom. The van der Waals surface area contributed by atoms with E-state index < -0.39 is 12.1 Å². The Morgan fingerprint density at radius 2 is 2.11 bits per heavy atom. The summed E-state index contributed by atoms with van der Waals surface area (Å²) in [6, 6.07) is 3.78. The number of aromatic carboxylic acids is 1. The average molecular weight is 280 g/mol. The molecular weight excluding hydrogens is 264 g/mol. The van der Waals surface area contributed by atoms with Gasteiger partial charge in [-0.25, -0.2) is 9.78 Å². The number of imidazole rings is 1. The Bertz CT molecular complexity index is 595. The molecular formula is C13H16N2O3S. The highest BCUT2D eigenvalue weighted by molar-refractivity contribution is 7.12. The molecule has 0 bridgehead atoms. The number of aliphatic hydroxyl groups is 1. The summed E-state index contributed by atoms with van der Waals surface area (Å²) >= 11 is 1.48. The molecule has 2 aromatic rings. The molecule has 0 amide bonds. The van der Waals surface area contributed by atoms with Crippen molar-refractivity contribution in [3.63, 3.8) is 0 Å². The summed E-state index contributed by atoms with van der Waals surface area (Å²) in [5, 5.41) is 19.3. The number of hydrogen-bond acceptors (Lipinski definition) is 4. The number of carboxylic acid groups (broad SMARTS) is 1. The van der Waals surface area contributed by atoms with Gasteiger partial charge in [-0.1, -0.05) is 20.8 Å². The van der Waals surface area contributed by atoms with Gasteiger partial charge in [-0.2, -0.15) is 0 Å². The number of carboxylic acids is 1. The van der Waals surface area contributed by atoms with Gasteiger partial charge in [-0.05, 0) is 17.5 Å². The monoisotopic (exact) mass is 280 g/mol. The van der Waals surface area contributed by atoms with Crippen LogP contribution in [0.4, 0.5) is 0 Å². The van der Waals surface area contributed by atoms with Crippen molar-refractivity contribution in [2.24, 2.45) is 0 Å². The van der Waals surface area contributed by atoms with Crippen LogP contribution in [0.5, 0.6) is 0 Å². The van der Waals surface area contributed by atoms with Gasteiger partial charge >= 0.3 is 5.97 Å². The molecule has 0 saturated carbocycles. The molecule has 0 saturated heterocycles. The highest BCUT2D eigenvalue weighted by Crippen LogP contribution is 2.34. The Morgan fingerprint density at radius 1 is 1.42 bits per heavy atom. The summed E-state index contributed by atoms with van der Waals surface area (Å²) in [6.07, 6.45) is 0.287. The minimum Gasteiger partial charge on any atom is -0.476 e. The van der Waals surface area contributed by atoms with Crippen LogP contribution in [0.3, 0.4) is 0 Å². The van der Waals surface area contributed by atoms with E-state index in [1.165, 1.54) is 17.7 Å². The molecule has 0 aliphatic heterocycles. The smallest absolute Gasteiger partial charge is 0.356 e. The van der Waals surface area contributed by atoms with Crippen LogP contribution in [0.2, 0.25) is 0 Å². The summed E-state index contributed by atoms with van der Waals surface area (Å²) in [6.45, 7) is 6.27. The molecule has 0 aliphatic rings. The van der Waals surface area contributed by atoms with Crippen LogP contribution in [0, 0.1) is 0 Å². The van der Waals surface area contributed by atoms with E-state index in [-0.39, 0.29) is 16.8 Å². The summed E-state index contributed by atoms with van der Waals surface area (Å²) < 4.78 is 0. The van der Waals surface area contributed by atoms with Gasteiger partial charge < -0.3 is 15.2 Å².